The van der Waals surface area contributed by atoms with Gasteiger partial charge in [-0.05, 0) is 61.7 Å². The third kappa shape index (κ3) is 4.28. The molecule has 0 aromatic heterocycles. The smallest absolute Gasteiger partial charge is 0.321 e. The molecule has 3 rings (SSSR count). The molecule has 0 radical (unpaired) electrons. The lowest BCUT2D eigenvalue weighted by Crippen LogP contribution is -2.32. The van der Waals surface area contributed by atoms with E-state index in [1.165, 1.54) is 12.1 Å². The molecule has 2 N–H and O–H groups in total. The lowest BCUT2D eigenvalue weighted by Gasteiger charge is -2.16. The highest BCUT2D eigenvalue weighted by atomic mass is 35.5. The summed E-state index contributed by atoms with van der Waals surface area (Å²) in [6, 6.07) is 10.9. The highest BCUT2D eigenvalue weighted by Gasteiger charge is 2.19. The van der Waals surface area contributed by atoms with Gasteiger partial charge in [0.25, 0.3) is 10.0 Å². The molecule has 8 heteroatoms. The van der Waals surface area contributed by atoms with Crippen LogP contribution in [0.4, 0.5) is 16.2 Å². The van der Waals surface area contributed by atoms with Crippen LogP contribution < -0.4 is 10.0 Å². The van der Waals surface area contributed by atoms with Gasteiger partial charge in [-0.15, -0.1) is 0 Å². The SMILES string of the molecule is Cc1ccc(Cl)cc1NS(=O)(=O)c1ccc(NC(=O)N2CCCC2)cc1. The number of amides is 2. The molecule has 138 valence electrons. The van der Waals surface area contributed by atoms with Crippen LogP contribution >= 0.6 is 11.6 Å². The lowest BCUT2D eigenvalue weighted by atomic mass is 10.2. The summed E-state index contributed by atoms with van der Waals surface area (Å²) in [6.45, 7) is 3.30. The quantitative estimate of drug-likeness (QED) is 0.821. The van der Waals surface area contributed by atoms with E-state index in [1.54, 1.807) is 42.2 Å². The number of hydrogen-bond acceptors (Lipinski definition) is 3. The van der Waals surface area contributed by atoms with Gasteiger partial charge >= 0.3 is 6.03 Å². The number of aryl methyl sites for hydroxylation is 1. The van der Waals surface area contributed by atoms with Crippen molar-refractivity contribution >= 4 is 39.0 Å². The fourth-order valence-electron chi connectivity index (χ4n) is 2.75. The number of carbonyl (C=O) groups is 1. The zero-order valence-electron chi connectivity index (χ0n) is 14.3. The van der Waals surface area contributed by atoms with Crippen molar-refractivity contribution in [1.82, 2.24) is 4.90 Å². The molecule has 26 heavy (non-hydrogen) atoms. The van der Waals surface area contributed by atoms with Crippen molar-refractivity contribution in [2.45, 2.75) is 24.7 Å². The predicted octanol–water partition coefficient (Wildman–Crippen LogP) is 4.08. The molecule has 1 aliphatic heterocycles. The Balaban J connectivity index is 1.72. The molecule has 1 aliphatic rings. The number of urea groups is 1. The summed E-state index contributed by atoms with van der Waals surface area (Å²) in [6.07, 6.45) is 2.03. The van der Waals surface area contributed by atoms with E-state index < -0.39 is 10.0 Å². The minimum atomic E-state index is -3.75. The second kappa shape index (κ2) is 7.55. The van der Waals surface area contributed by atoms with Gasteiger partial charge < -0.3 is 10.2 Å². The zero-order chi connectivity index (χ0) is 18.7. The van der Waals surface area contributed by atoms with Crippen molar-refractivity contribution in [2.24, 2.45) is 0 Å². The molecule has 1 saturated heterocycles. The number of halogens is 1. The third-order valence-electron chi connectivity index (χ3n) is 4.25. The van der Waals surface area contributed by atoms with Gasteiger partial charge in [-0.3, -0.25) is 4.72 Å². The average Bonchev–Trinajstić information content (AvgIpc) is 3.13. The van der Waals surface area contributed by atoms with Crippen molar-refractivity contribution in [1.29, 1.82) is 0 Å². The normalized spacial score (nSPS) is 14.3. The van der Waals surface area contributed by atoms with Gasteiger partial charge in [0.15, 0.2) is 0 Å². The Morgan fingerprint density at radius 3 is 2.38 bits per heavy atom. The van der Waals surface area contributed by atoms with Crippen LogP contribution in [0.1, 0.15) is 18.4 Å². The maximum Gasteiger partial charge on any atom is 0.321 e. The second-order valence-electron chi connectivity index (χ2n) is 6.21. The summed E-state index contributed by atoms with van der Waals surface area (Å²) >= 11 is 5.94. The topological polar surface area (TPSA) is 78.5 Å². The molecule has 1 heterocycles. The average molecular weight is 394 g/mol. The number of anilines is 2. The largest absolute Gasteiger partial charge is 0.325 e. The highest BCUT2D eigenvalue weighted by Crippen LogP contribution is 2.24. The Hall–Kier alpha value is -2.25. The molecular formula is C18H20ClN3O3S. The van der Waals surface area contributed by atoms with Gasteiger partial charge in [-0.2, -0.15) is 0 Å². The van der Waals surface area contributed by atoms with Crippen LogP contribution in [0.25, 0.3) is 0 Å². The van der Waals surface area contributed by atoms with Crippen LogP contribution in [-0.4, -0.2) is 32.4 Å². The molecular weight excluding hydrogens is 374 g/mol. The number of benzene rings is 2. The van der Waals surface area contributed by atoms with Crippen LogP contribution in [0.3, 0.4) is 0 Å². The molecule has 0 saturated carbocycles. The van der Waals surface area contributed by atoms with E-state index in [9.17, 15) is 13.2 Å². The Morgan fingerprint density at radius 1 is 1.08 bits per heavy atom. The van der Waals surface area contributed by atoms with Crippen molar-refractivity contribution in [2.75, 3.05) is 23.1 Å². The van der Waals surface area contributed by atoms with E-state index in [1.807, 2.05) is 0 Å². The van der Waals surface area contributed by atoms with E-state index in [2.05, 4.69) is 10.0 Å². The van der Waals surface area contributed by atoms with Crippen LogP contribution in [0, 0.1) is 6.92 Å². The number of rotatable bonds is 4. The van der Waals surface area contributed by atoms with Crippen molar-refractivity contribution in [3.63, 3.8) is 0 Å². The lowest BCUT2D eigenvalue weighted by molar-refractivity contribution is 0.222. The maximum absolute atomic E-state index is 12.6. The van der Waals surface area contributed by atoms with E-state index in [0.29, 0.717) is 16.4 Å². The van der Waals surface area contributed by atoms with Gasteiger partial charge in [0.2, 0.25) is 0 Å². The monoisotopic (exact) mass is 393 g/mol. The van der Waals surface area contributed by atoms with E-state index in [4.69, 9.17) is 11.6 Å². The number of hydrogen-bond donors (Lipinski definition) is 2. The van der Waals surface area contributed by atoms with Crippen molar-refractivity contribution in [3.05, 3.63) is 53.1 Å². The molecule has 2 aromatic rings. The number of likely N-dealkylation sites (tertiary alicyclic amines) is 1. The minimum Gasteiger partial charge on any atom is -0.325 e. The molecule has 0 unspecified atom stereocenters. The Bertz CT molecular complexity index is 908. The first kappa shape index (κ1) is 18.5. The first-order valence-electron chi connectivity index (χ1n) is 8.30. The van der Waals surface area contributed by atoms with Crippen molar-refractivity contribution < 1.29 is 13.2 Å². The summed E-state index contributed by atoms with van der Waals surface area (Å²) in [5, 5.41) is 3.24. The fraction of sp³-hybridized carbons (Fsp3) is 0.278. The van der Waals surface area contributed by atoms with Crippen molar-refractivity contribution in [3.8, 4) is 0 Å². The van der Waals surface area contributed by atoms with Crippen LogP contribution in [-0.2, 0) is 10.0 Å². The van der Waals surface area contributed by atoms with Crippen LogP contribution in [0.5, 0.6) is 0 Å². The highest BCUT2D eigenvalue weighted by molar-refractivity contribution is 7.92. The van der Waals surface area contributed by atoms with Gasteiger partial charge in [0, 0.05) is 23.8 Å². The number of sulfonamides is 1. The number of carbonyl (C=O) groups excluding carboxylic acids is 1. The Kier molecular flexibility index (Phi) is 5.38. The summed E-state index contributed by atoms with van der Waals surface area (Å²) < 4.78 is 27.7. The Morgan fingerprint density at radius 2 is 1.73 bits per heavy atom. The molecule has 2 amide bonds. The maximum atomic E-state index is 12.6. The number of nitrogens with one attached hydrogen (secondary N) is 2. The van der Waals surface area contributed by atoms with Gasteiger partial charge in [-0.1, -0.05) is 17.7 Å². The summed E-state index contributed by atoms with van der Waals surface area (Å²) in [5.41, 5.74) is 1.76. The van der Waals surface area contributed by atoms with Gasteiger partial charge in [-0.25, -0.2) is 13.2 Å². The molecule has 6 nitrogen and oxygen atoms in total. The molecule has 2 aromatic carbocycles. The van der Waals surface area contributed by atoms with Gasteiger partial charge in [0.05, 0.1) is 10.6 Å². The molecule has 0 aliphatic carbocycles. The Labute approximate surface area is 158 Å². The molecule has 0 bridgehead atoms. The molecule has 1 fully saturated rings. The zero-order valence-corrected chi connectivity index (χ0v) is 15.9. The first-order chi connectivity index (χ1) is 12.3. The van der Waals surface area contributed by atoms with E-state index >= 15 is 0 Å². The fourth-order valence-corrected chi connectivity index (χ4v) is 4.04. The van der Waals surface area contributed by atoms with Gasteiger partial charge in [0.1, 0.15) is 0 Å². The van der Waals surface area contributed by atoms with Crippen LogP contribution in [0.15, 0.2) is 47.4 Å². The summed E-state index contributed by atoms with van der Waals surface area (Å²) in [5.74, 6) is 0. The first-order valence-corrected chi connectivity index (χ1v) is 10.2. The van der Waals surface area contributed by atoms with Crippen LogP contribution in [0.2, 0.25) is 5.02 Å². The van der Waals surface area contributed by atoms with E-state index in [-0.39, 0.29) is 10.9 Å². The summed E-state index contributed by atoms with van der Waals surface area (Å²) in [7, 11) is -3.75. The third-order valence-corrected chi connectivity index (χ3v) is 5.87. The summed E-state index contributed by atoms with van der Waals surface area (Å²) in [4.78, 5) is 13.9. The van der Waals surface area contributed by atoms with E-state index in [0.717, 1.165) is 31.5 Å². The minimum absolute atomic E-state index is 0.107. The standard InChI is InChI=1S/C18H20ClN3O3S/c1-13-4-5-14(19)12-17(13)21-26(24,25)16-8-6-15(7-9-16)20-18(23)22-10-2-3-11-22/h4-9,12,21H,2-3,10-11H2,1H3,(H,20,23). The second-order valence-corrected chi connectivity index (χ2v) is 8.33. The number of nitrogens with zero attached hydrogens (tertiary/aromatic N) is 1. The predicted molar refractivity (Wildman–Crippen MR) is 103 cm³/mol. The molecule has 0 atom stereocenters. The molecule has 0 spiro atoms.